The maximum atomic E-state index is 12.5. The van der Waals surface area contributed by atoms with E-state index in [4.69, 9.17) is 18.9 Å². The molecule has 0 fully saturated rings. The zero-order valence-electron chi connectivity index (χ0n) is 17.1. The van der Waals surface area contributed by atoms with E-state index in [1.54, 1.807) is 26.0 Å². The largest absolute Gasteiger partial charge is 0.458 e. The SMILES string of the molecule is C=CC(=O)OC(CC)COC(=O)c1ccccc1C(=O)OCC(CC)OC(=O)C=C. The summed E-state index contributed by atoms with van der Waals surface area (Å²) < 4.78 is 20.5. The van der Waals surface area contributed by atoms with Gasteiger partial charge in [-0.15, -0.1) is 0 Å². The van der Waals surface area contributed by atoms with Crippen molar-refractivity contribution in [2.75, 3.05) is 13.2 Å². The minimum atomic E-state index is -0.763. The van der Waals surface area contributed by atoms with Crippen molar-refractivity contribution in [3.8, 4) is 0 Å². The lowest BCUT2D eigenvalue weighted by Gasteiger charge is -2.17. The molecule has 8 nitrogen and oxygen atoms in total. The first-order valence-corrected chi connectivity index (χ1v) is 9.45. The van der Waals surface area contributed by atoms with Crippen LogP contribution in [0.5, 0.6) is 0 Å². The van der Waals surface area contributed by atoms with Crippen LogP contribution >= 0.6 is 0 Å². The summed E-state index contributed by atoms with van der Waals surface area (Å²) in [6.07, 6.45) is 1.63. The van der Waals surface area contributed by atoms with Crippen molar-refractivity contribution in [1.29, 1.82) is 0 Å². The Morgan fingerprint density at radius 2 is 1.17 bits per heavy atom. The average molecular weight is 418 g/mol. The van der Waals surface area contributed by atoms with Gasteiger partial charge in [0.2, 0.25) is 0 Å². The highest BCUT2D eigenvalue weighted by Crippen LogP contribution is 2.14. The Labute approximate surface area is 175 Å². The molecule has 8 heteroatoms. The Morgan fingerprint density at radius 3 is 1.47 bits per heavy atom. The van der Waals surface area contributed by atoms with Crippen LogP contribution in [-0.2, 0) is 28.5 Å². The smallest absolute Gasteiger partial charge is 0.339 e. The molecule has 1 aromatic carbocycles. The van der Waals surface area contributed by atoms with Crippen LogP contribution < -0.4 is 0 Å². The quantitative estimate of drug-likeness (QED) is 0.290. The van der Waals surface area contributed by atoms with Crippen LogP contribution in [0, 0.1) is 0 Å². The van der Waals surface area contributed by atoms with Crippen LogP contribution in [0.2, 0.25) is 0 Å². The van der Waals surface area contributed by atoms with E-state index in [0.29, 0.717) is 12.8 Å². The van der Waals surface area contributed by atoms with Gasteiger partial charge in [-0.2, -0.15) is 0 Å². The van der Waals surface area contributed by atoms with E-state index in [9.17, 15) is 19.2 Å². The molecule has 0 saturated heterocycles. The molecule has 0 bridgehead atoms. The Hall–Kier alpha value is -3.42. The minimum absolute atomic E-state index is 0.00327. The summed E-state index contributed by atoms with van der Waals surface area (Å²) in [4.78, 5) is 47.5. The first-order valence-electron chi connectivity index (χ1n) is 9.45. The lowest BCUT2D eigenvalue weighted by atomic mass is 10.1. The predicted molar refractivity (Wildman–Crippen MR) is 108 cm³/mol. The average Bonchev–Trinajstić information content (AvgIpc) is 2.78. The molecule has 0 heterocycles. The first-order chi connectivity index (χ1) is 14.4. The van der Waals surface area contributed by atoms with Crippen LogP contribution in [0.1, 0.15) is 47.4 Å². The molecule has 0 aromatic heterocycles. The van der Waals surface area contributed by atoms with E-state index in [1.807, 2.05) is 0 Å². The molecule has 0 aliphatic rings. The van der Waals surface area contributed by atoms with Crippen LogP contribution in [0.4, 0.5) is 0 Å². The third-order valence-electron chi connectivity index (χ3n) is 3.98. The van der Waals surface area contributed by atoms with Gasteiger partial charge in [0.1, 0.15) is 25.4 Å². The second kappa shape index (κ2) is 12.9. The van der Waals surface area contributed by atoms with Gasteiger partial charge in [-0.3, -0.25) is 0 Å². The molecule has 2 unspecified atom stereocenters. The van der Waals surface area contributed by atoms with Crippen molar-refractivity contribution < 1.29 is 38.1 Å². The Kier molecular flexibility index (Phi) is 10.6. The lowest BCUT2D eigenvalue weighted by Crippen LogP contribution is -2.26. The van der Waals surface area contributed by atoms with Gasteiger partial charge in [0, 0.05) is 12.2 Å². The third-order valence-corrected chi connectivity index (χ3v) is 3.98. The first kappa shape index (κ1) is 24.6. The summed E-state index contributed by atoms with van der Waals surface area (Å²) in [5.41, 5.74) is 0.00655. The molecule has 0 saturated carbocycles. The molecule has 0 N–H and O–H groups in total. The zero-order chi connectivity index (χ0) is 22.5. The Morgan fingerprint density at radius 1 is 0.800 bits per heavy atom. The van der Waals surface area contributed by atoms with Crippen molar-refractivity contribution in [1.82, 2.24) is 0 Å². The van der Waals surface area contributed by atoms with Crippen LogP contribution in [0.3, 0.4) is 0 Å². The van der Waals surface area contributed by atoms with E-state index in [0.717, 1.165) is 12.2 Å². The van der Waals surface area contributed by atoms with Crippen molar-refractivity contribution in [2.45, 2.75) is 38.9 Å². The summed E-state index contributed by atoms with van der Waals surface area (Å²) in [7, 11) is 0. The van der Waals surface area contributed by atoms with Gasteiger partial charge >= 0.3 is 23.9 Å². The van der Waals surface area contributed by atoms with E-state index in [-0.39, 0.29) is 24.3 Å². The van der Waals surface area contributed by atoms with E-state index in [2.05, 4.69) is 13.2 Å². The number of ether oxygens (including phenoxy) is 4. The summed E-state index contributed by atoms with van der Waals surface area (Å²) in [5, 5.41) is 0. The number of rotatable bonds is 12. The maximum Gasteiger partial charge on any atom is 0.339 e. The van der Waals surface area contributed by atoms with Crippen molar-refractivity contribution in [3.05, 3.63) is 60.7 Å². The highest BCUT2D eigenvalue weighted by atomic mass is 16.6. The zero-order valence-corrected chi connectivity index (χ0v) is 17.1. The molecule has 0 aliphatic heterocycles. The molecule has 1 rings (SSSR count). The van der Waals surface area contributed by atoms with Gasteiger partial charge < -0.3 is 18.9 Å². The molecule has 0 radical (unpaired) electrons. The number of esters is 4. The number of hydrogen-bond donors (Lipinski definition) is 0. The summed E-state index contributed by atoms with van der Waals surface area (Å²) in [6.45, 7) is 9.81. The number of hydrogen-bond acceptors (Lipinski definition) is 8. The fraction of sp³-hybridized carbons (Fsp3) is 0.364. The summed E-state index contributed by atoms with van der Waals surface area (Å²) in [6, 6.07) is 5.99. The van der Waals surface area contributed by atoms with Gasteiger partial charge in [0.05, 0.1) is 11.1 Å². The molecule has 0 aliphatic carbocycles. The molecular weight excluding hydrogens is 392 g/mol. The second-order valence-corrected chi connectivity index (χ2v) is 6.09. The van der Waals surface area contributed by atoms with Crippen LogP contribution in [-0.4, -0.2) is 49.3 Å². The van der Waals surface area contributed by atoms with Gasteiger partial charge in [0.15, 0.2) is 0 Å². The topological polar surface area (TPSA) is 105 Å². The van der Waals surface area contributed by atoms with E-state index in [1.165, 1.54) is 12.1 Å². The van der Waals surface area contributed by atoms with Gasteiger partial charge in [-0.1, -0.05) is 39.1 Å². The molecule has 30 heavy (non-hydrogen) atoms. The molecule has 2 atom stereocenters. The lowest BCUT2D eigenvalue weighted by molar-refractivity contribution is -0.146. The van der Waals surface area contributed by atoms with Crippen molar-refractivity contribution in [3.63, 3.8) is 0 Å². The monoisotopic (exact) mass is 418 g/mol. The number of benzene rings is 1. The highest BCUT2D eigenvalue weighted by molar-refractivity contribution is 6.03. The normalized spacial score (nSPS) is 12.1. The maximum absolute atomic E-state index is 12.5. The number of carbonyl (C=O) groups excluding carboxylic acids is 4. The Balaban J connectivity index is 2.78. The fourth-order valence-corrected chi connectivity index (χ4v) is 2.23. The van der Waals surface area contributed by atoms with Crippen molar-refractivity contribution >= 4 is 23.9 Å². The number of carbonyl (C=O) groups is 4. The van der Waals surface area contributed by atoms with Gasteiger partial charge in [0.25, 0.3) is 0 Å². The van der Waals surface area contributed by atoms with Crippen molar-refractivity contribution in [2.24, 2.45) is 0 Å². The molecule has 1 aromatic rings. The highest BCUT2D eigenvalue weighted by Gasteiger charge is 2.22. The molecule has 162 valence electrons. The van der Waals surface area contributed by atoms with E-state index >= 15 is 0 Å². The standard InChI is InChI=1S/C22H26O8/c1-5-15(29-19(23)7-3)13-27-21(25)17-11-9-10-12-18(17)22(26)28-14-16(6-2)30-20(24)8-4/h7-12,15-16H,3-6,13-14H2,1-2H3. The third kappa shape index (κ3) is 7.90. The molecular formula is C22H26O8. The fourth-order valence-electron chi connectivity index (χ4n) is 2.23. The summed E-state index contributed by atoms with van der Waals surface area (Å²) >= 11 is 0. The van der Waals surface area contributed by atoms with Crippen LogP contribution in [0.15, 0.2) is 49.6 Å². The summed E-state index contributed by atoms with van der Waals surface area (Å²) in [5.74, 6) is -2.77. The minimum Gasteiger partial charge on any atom is -0.458 e. The van der Waals surface area contributed by atoms with E-state index < -0.39 is 36.1 Å². The Bertz CT molecular complexity index is 718. The van der Waals surface area contributed by atoms with Crippen LogP contribution in [0.25, 0.3) is 0 Å². The van der Waals surface area contributed by atoms with Gasteiger partial charge in [-0.25, -0.2) is 19.2 Å². The predicted octanol–water partition coefficient (Wildman–Crippen LogP) is 3.02. The van der Waals surface area contributed by atoms with Gasteiger partial charge in [-0.05, 0) is 25.0 Å². The second-order valence-electron chi connectivity index (χ2n) is 6.09. The molecule has 0 spiro atoms. The molecule has 0 amide bonds.